The largest absolute Gasteiger partial charge is 0.497 e. The lowest BCUT2D eigenvalue weighted by Crippen LogP contribution is -2.72. The molecule has 0 aromatic heterocycles. The summed E-state index contributed by atoms with van der Waals surface area (Å²) < 4.78 is 12.1. The number of methoxy groups -OCH3 is 1. The summed E-state index contributed by atoms with van der Waals surface area (Å²) in [5, 5.41) is 7.12. The number of fused-ring (bicyclic) bond motifs is 4. The van der Waals surface area contributed by atoms with Crippen LogP contribution >= 0.6 is 12.2 Å². The van der Waals surface area contributed by atoms with E-state index in [-0.39, 0.29) is 5.91 Å². The van der Waals surface area contributed by atoms with E-state index < -0.39 is 17.7 Å². The Bertz CT molecular complexity index is 1340. The Morgan fingerprint density at radius 1 is 1.09 bits per heavy atom. The highest BCUT2D eigenvalue weighted by molar-refractivity contribution is 7.80. The fourth-order valence-corrected chi connectivity index (χ4v) is 5.62. The molecule has 0 radical (unpaired) electrons. The van der Waals surface area contributed by atoms with Crippen molar-refractivity contribution in [3.63, 3.8) is 0 Å². The lowest BCUT2D eigenvalue weighted by molar-refractivity contribution is -0.130. The number of aryl methyl sites for hydroxylation is 3. The van der Waals surface area contributed by atoms with Gasteiger partial charge in [0.05, 0.1) is 13.2 Å². The molecule has 0 unspecified atom stereocenters. The summed E-state index contributed by atoms with van der Waals surface area (Å²) in [5.74, 6) is 0.625. The summed E-state index contributed by atoms with van der Waals surface area (Å²) in [6.07, 6.45) is 0. The van der Waals surface area contributed by atoms with Crippen molar-refractivity contribution in [3.05, 3.63) is 82.9 Å². The topological polar surface area (TPSA) is 62.8 Å². The number of rotatable bonds is 4. The fourth-order valence-electron chi connectivity index (χ4n) is 5.21. The summed E-state index contributed by atoms with van der Waals surface area (Å²) >= 11 is 5.85. The van der Waals surface area contributed by atoms with Crippen LogP contribution in [0.1, 0.15) is 35.2 Å². The van der Waals surface area contributed by atoms with Crippen molar-refractivity contribution in [1.29, 1.82) is 0 Å². The van der Waals surface area contributed by atoms with Gasteiger partial charge in [-0.2, -0.15) is 0 Å². The Morgan fingerprint density at radius 2 is 1.86 bits per heavy atom. The number of carbonyl (C=O) groups excluding carboxylic acids is 1. The van der Waals surface area contributed by atoms with E-state index in [0.717, 1.165) is 33.6 Å². The first-order valence-corrected chi connectivity index (χ1v) is 12.0. The Hall–Kier alpha value is -3.58. The van der Waals surface area contributed by atoms with Crippen LogP contribution in [0.15, 0.2) is 60.7 Å². The van der Waals surface area contributed by atoms with Gasteiger partial charge in [0.25, 0.3) is 0 Å². The minimum absolute atomic E-state index is 0.148. The van der Waals surface area contributed by atoms with Crippen molar-refractivity contribution >= 4 is 34.6 Å². The summed E-state index contributed by atoms with van der Waals surface area (Å²) in [7, 11) is 1.62. The Labute approximate surface area is 211 Å². The van der Waals surface area contributed by atoms with Gasteiger partial charge in [-0.3, -0.25) is 9.69 Å². The van der Waals surface area contributed by atoms with Crippen LogP contribution in [0.25, 0.3) is 0 Å². The molecule has 180 valence electrons. The maximum Gasteiger partial charge on any atom is 0.236 e. The zero-order chi connectivity index (χ0) is 24.9. The molecule has 2 N–H and O–H groups in total. The Morgan fingerprint density at radius 3 is 2.57 bits per heavy atom. The standard InChI is InChI=1S/C28H29N3O3S/c1-16-7-6-8-19(14-16)31-27(35)30-25-21-15-20(33-5)10-12-23(21)34-28(31,4)24(25)26(32)29-22-11-9-17(2)13-18(22)3/h6-15,24-25H,1-5H3,(H,29,32)(H,30,35)/t24-,25-,28-/m0/s1. The second-order valence-electron chi connectivity index (χ2n) is 9.45. The van der Waals surface area contributed by atoms with E-state index >= 15 is 0 Å². The van der Waals surface area contributed by atoms with E-state index in [1.807, 2.05) is 87.2 Å². The van der Waals surface area contributed by atoms with E-state index in [4.69, 9.17) is 21.7 Å². The number of nitrogens with zero attached hydrogens (tertiary/aromatic N) is 1. The van der Waals surface area contributed by atoms with Gasteiger partial charge in [0.1, 0.15) is 17.4 Å². The summed E-state index contributed by atoms with van der Waals surface area (Å²) in [4.78, 5) is 15.9. The van der Waals surface area contributed by atoms with Gasteiger partial charge >= 0.3 is 0 Å². The average Bonchev–Trinajstić information content (AvgIpc) is 2.80. The molecule has 3 atom stereocenters. The fraction of sp³-hybridized carbons (Fsp3) is 0.286. The third-order valence-electron chi connectivity index (χ3n) is 6.89. The van der Waals surface area contributed by atoms with Gasteiger partial charge in [-0.1, -0.05) is 29.8 Å². The molecule has 3 aromatic carbocycles. The summed E-state index contributed by atoms with van der Waals surface area (Å²) in [6, 6.07) is 19.3. The predicted molar refractivity (Wildman–Crippen MR) is 142 cm³/mol. The van der Waals surface area contributed by atoms with E-state index in [0.29, 0.717) is 16.6 Å². The second-order valence-corrected chi connectivity index (χ2v) is 9.83. The summed E-state index contributed by atoms with van der Waals surface area (Å²) in [6.45, 7) is 8.00. The Balaban J connectivity index is 1.64. The number of hydrogen-bond donors (Lipinski definition) is 2. The zero-order valence-corrected chi connectivity index (χ0v) is 21.3. The Kier molecular flexibility index (Phi) is 5.68. The maximum absolute atomic E-state index is 14.0. The molecule has 0 aliphatic carbocycles. The molecule has 2 bridgehead atoms. The third kappa shape index (κ3) is 3.90. The van der Waals surface area contributed by atoms with E-state index in [2.05, 4.69) is 16.7 Å². The van der Waals surface area contributed by atoms with E-state index in [9.17, 15) is 4.79 Å². The second kappa shape index (κ2) is 8.57. The van der Waals surface area contributed by atoms with Gasteiger partial charge < -0.3 is 20.1 Å². The highest BCUT2D eigenvalue weighted by atomic mass is 32.1. The van der Waals surface area contributed by atoms with Gasteiger partial charge in [0.2, 0.25) is 5.91 Å². The van der Waals surface area contributed by atoms with Crippen molar-refractivity contribution in [2.75, 3.05) is 17.3 Å². The molecular formula is C28H29N3O3S. The molecule has 1 fully saturated rings. The highest BCUT2D eigenvalue weighted by Crippen LogP contribution is 2.50. The predicted octanol–water partition coefficient (Wildman–Crippen LogP) is 5.42. The highest BCUT2D eigenvalue weighted by Gasteiger charge is 2.59. The van der Waals surface area contributed by atoms with Gasteiger partial charge in [-0.05, 0) is 87.4 Å². The molecule has 3 aromatic rings. The van der Waals surface area contributed by atoms with Crippen molar-refractivity contribution in [3.8, 4) is 11.5 Å². The van der Waals surface area contributed by atoms with Crippen molar-refractivity contribution in [2.24, 2.45) is 5.92 Å². The number of hydrogen-bond acceptors (Lipinski definition) is 4. The molecule has 35 heavy (non-hydrogen) atoms. The number of ether oxygens (including phenoxy) is 2. The SMILES string of the molecule is COc1ccc2c(c1)[C@@H]1NC(=S)N(c3cccc(C)c3)[C@@](C)(O2)[C@@H]1C(=O)Nc1ccc(C)cc1C. The lowest BCUT2D eigenvalue weighted by Gasteiger charge is -2.56. The normalized spacial score (nSPS) is 22.5. The average molecular weight is 488 g/mol. The molecule has 2 aliphatic heterocycles. The first-order valence-electron chi connectivity index (χ1n) is 11.6. The molecule has 5 rings (SSSR count). The number of anilines is 2. The first-order chi connectivity index (χ1) is 16.7. The molecule has 1 amide bonds. The van der Waals surface area contributed by atoms with Crippen LogP contribution in [-0.2, 0) is 4.79 Å². The molecule has 0 saturated carbocycles. The number of nitrogens with one attached hydrogen (secondary N) is 2. The van der Waals surface area contributed by atoms with Gasteiger partial charge in [0, 0.05) is 16.9 Å². The van der Waals surface area contributed by atoms with Crippen LogP contribution < -0.4 is 25.0 Å². The maximum atomic E-state index is 14.0. The van der Waals surface area contributed by atoms with Crippen molar-refractivity contribution in [1.82, 2.24) is 5.32 Å². The first kappa shape index (κ1) is 23.2. The number of carbonyl (C=O) groups is 1. The molecular weight excluding hydrogens is 458 g/mol. The molecule has 2 heterocycles. The quantitative estimate of drug-likeness (QED) is 0.479. The molecule has 1 saturated heterocycles. The van der Waals surface area contributed by atoms with E-state index in [1.54, 1.807) is 7.11 Å². The zero-order valence-electron chi connectivity index (χ0n) is 20.5. The van der Waals surface area contributed by atoms with Crippen LogP contribution in [0.2, 0.25) is 0 Å². The van der Waals surface area contributed by atoms with Crippen molar-refractivity contribution in [2.45, 2.75) is 39.5 Å². The van der Waals surface area contributed by atoms with Crippen LogP contribution in [0.4, 0.5) is 11.4 Å². The monoisotopic (exact) mass is 487 g/mol. The van der Waals surface area contributed by atoms with Gasteiger partial charge in [-0.15, -0.1) is 0 Å². The van der Waals surface area contributed by atoms with Crippen LogP contribution in [-0.4, -0.2) is 23.9 Å². The van der Waals surface area contributed by atoms with Crippen LogP contribution in [0.3, 0.4) is 0 Å². The van der Waals surface area contributed by atoms with Gasteiger partial charge in [0.15, 0.2) is 10.8 Å². The molecule has 7 heteroatoms. The smallest absolute Gasteiger partial charge is 0.236 e. The summed E-state index contributed by atoms with van der Waals surface area (Å²) in [5.41, 5.74) is 4.66. The van der Waals surface area contributed by atoms with E-state index in [1.165, 1.54) is 0 Å². The minimum Gasteiger partial charge on any atom is -0.497 e. The minimum atomic E-state index is -1.06. The van der Waals surface area contributed by atoms with Gasteiger partial charge in [-0.25, -0.2) is 0 Å². The lowest BCUT2D eigenvalue weighted by atomic mass is 9.78. The molecule has 6 nitrogen and oxygen atoms in total. The van der Waals surface area contributed by atoms with Crippen LogP contribution in [0.5, 0.6) is 11.5 Å². The molecule has 2 aliphatic rings. The molecule has 0 spiro atoms. The third-order valence-corrected chi connectivity index (χ3v) is 7.19. The van der Waals surface area contributed by atoms with Crippen molar-refractivity contribution < 1.29 is 14.3 Å². The number of benzene rings is 3. The van der Waals surface area contributed by atoms with Crippen LogP contribution in [0, 0.1) is 26.7 Å². The number of amides is 1. The number of thiocarbonyl (C=S) groups is 1.